The molecule has 0 aliphatic heterocycles. The van der Waals surface area contributed by atoms with E-state index in [2.05, 4.69) is 0 Å². The fourth-order valence-electron chi connectivity index (χ4n) is 0.442. The smallest absolute Gasteiger partial charge is 0.0521 e. The molecule has 0 fully saturated rings. The minimum absolute atomic E-state index is 0.265. The molecular weight excluding hydrogens is 263 g/mol. The van der Waals surface area contributed by atoms with E-state index in [-0.39, 0.29) is 13.2 Å². The molecule has 2 N–H and O–H groups in total. The van der Waals surface area contributed by atoms with Crippen LogP contribution in [0.2, 0.25) is 0 Å². The number of halogens is 2. The van der Waals surface area contributed by atoms with E-state index in [1.807, 2.05) is 0 Å². The first kappa shape index (κ1) is 17.6. The zero-order valence-corrected chi connectivity index (χ0v) is 11.3. The average molecular weight is 281 g/mol. The number of hydrogen-bond donors (Lipinski definition) is 2. The van der Waals surface area contributed by atoms with Gasteiger partial charge in [0.05, 0.1) is 13.2 Å². The standard InChI is InChI=1S/2C4H9ClOS/c2*5-1-3-7-4-2-6/h2*6H,1-4H2. The van der Waals surface area contributed by atoms with Crippen molar-refractivity contribution < 1.29 is 10.2 Å². The highest BCUT2D eigenvalue weighted by atomic mass is 35.5. The summed E-state index contributed by atoms with van der Waals surface area (Å²) in [6.07, 6.45) is 0. The van der Waals surface area contributed by atoms with E-state index in [1.165, 1.54) is 0 Å². The van der Waals surface area contributed by atoms with Crippen LogP contribution in [0.25, 0.3) is 0 Å². The molecule has 0 spiro atoms. The summed E-state index contributed by atoms with van der Waals surface area (Å²) < 4.78 is 0. The molecule has 6 heteroatoms. The minimum atomic E-state index is 0.265. The lowest BCUT2D eigenvalue weighted by molar-refractivity contribution is 0.322. The predicted octanol–water partition coefficient (Wildman–Crippen LogP) is 1.90. The van der Waals surface area contributed by atoms with Crippen molar-refractivity contribution in [3.8, 4) is 0 Å². The Bertz CT molecular complexity index is 71.7. The number of rotatable bonds is 8. The number of aliphatic hydroxyl groups is 2. The molecule has 0 radical (unpaired) electrons. The van der Waals surface area contributed by atoms with Crippen LogP contribution in [-0.2, 0) is 0 Å². The Labute approximate surface area is 105 Å². The fraction of sp³-hybridized carbons (Fsp3) is 1.00. The highest BCUT2D eigenvalue weighted by molar-refractivity contribution is 7.99. The van der Waals surface area contributed by atoms with Crippen molar-refractivity contribution >= 4 is 46.7 Å². The topological polar surface area (TPSA) is 40.5 Å². The van der Waals surface area contributed by atoms with E-state index in [4.69, 9.17) is 33.4 Å². The quantitative estimate of drug-likeness (QED) is 0.526. The third-order valence-electron chi connectivity index (χ3n) is 0.914. The summed E-state index contributed by atoms with van der Waals surface area (Å²) in [5, 5.41) is 16.5. The summed E-state index contributed by atoms with van der Waals surface area (Å²) in [7, 11) is 0. The number of thioether (sulfide) groups is 2. The number of aliphatic hydroxyl groups excluding tert-OH is 2. The van der Waals surface area contributed by atoms with Crippen molar-refractivity contribution in [1.82, 2.24) is 0 Å². The maximum atomic E-state index is 8.23. The summed E-state index contributed by atoms with van der Waals surface area (Å²) in [5.41, 5.74) is 0. The van der Waals surface area contributed by atoms with Crippen LogP contribution >= 0.6 is 46.7 Å². The molecule has 0 aliphatic rings. The van der Waals surface area contributed by atoms with Crippen molar-refractivity contribution in [1.29, 1.82) is 0 Å². The second-order valence-electron chi connectivity index (χ2n) is 2.05. The summed E-state index contributed by atoms with van der Waals surface area (Å²) in [6, 6.07) is 0. The Balaban J connectivity index is 0. The van der Waals surface area contributed by atoms with Crippen LogP contribution < -0.4 is 0 Å². The molecule has 88 valence electrons. The number of alkyl halides is 2. The van der Waals surface area contributed by atoms with Crippen molar-refractivity contribution in [2.75, 3.05) is 48.0 Å². The maximum Gasteiger partial charge on any atom is 0.0521 e. The predicted molar refractivity (Wildman–Crippen MR) is 70.3 cm³/mol. The van der Waals surface area contributed by atoms with Gasteiger partial charge in [0, 0.05) is 34.8 Å². The van der Waals surface area contributed by atoms with Gasteiger partial charge in [-0.1, -0.05) is 0 Å². The molecule has 0 aliphatic carbocycles. The van der Waals surface area contributed by atoms with E-state index in [0.29, 0.717) is 11.8 Å². The fourth-order valence-corrected chi connectivity index (χ4v) is 1.98. The van der Waals surface area contributed by atoms with Gasteiger partial charge in [0.25, 0.3) is 0 Å². The van der Waals surface area contributed by atoms with Crippen LogP contribution in [-0.4, -0.2) is 58.2 Å². The Morgan fingerprint density at radius 3 is 1.29 bits per heavy atom. The molecule has 0 aromatic rings. The molecule has 0 aromatic heterocycles. The molecule has 0 amide bonds. The van der Waals surface area contributed by atoms with E-state index < -0.39 is 0 Å². The van der Waals surface area contributed by atoms with Gasteiger partial charge in [0.2, 0.25) is 0 Å². The molecule has 0 saturated carbocycles. The van der Waals surface area contributed by atoms with Crippen molar-refractivity contribution in [3.63, 3.8) is 0 Å². The maximum absolute atomic E-state index is 8.23. The van der Waals surface area contributed by atoms with E-state index >= 15 is 0 Å². The van der Waals surface area contributed by atoms with Gasteiger partial charge in [0.1, 0.15) is 0 Å². The van der Waals surface area contributed by atoms with Crippen LogP contribution in [0, 0.1) is 0 Å². The molecule has 0 saturated heterocycles. The molecule has 0 rings (SSSR count). The highest BCUT2D eigenvalue weighted by Crippen LogP contribution is 1.98. The lowest BCUT2D eigenvalue weighted by Gasteiger charge is -1.90. The van der Waals surface area contributed by atoms with Gasteiger partial charge in [-0.2, -0.15) is 23.5 Å². The Hall–Kier alpha value is 1.20. The summed E-state index contributed by atoms with van der Waals surface area (Å²) in [4.78, 5) is 0. The largest absolute Gasteiger partial charge is 0.396 e. The van der Waals surface area contributed by atoms with Crippen molar-refractivity contribution in [2.24, 2.45) is 0 Å². The lowest BCUT2D eigenvalue weighted by atomic mass is 10.9. The SMILES string of the molecule is OCCSCCCl.OCCSCCCl. The van der Waals surface area contributed by atoms with Gasteiger partial charge >= 0.3 is 0 Å². The Kier molecular flexibility index (Phi) is 24.8. The van der Waals surface area contributed by atoms with Crippen LogP contribution in [0.3, 0.4) is 0 Å². The molecule has 0 aromatic carbocycles. The lowest BCUT2D eigenvalue weighted by Crippen LogP contribution is -1.87. The summed E-state index contributed by atoms with van der Waals surface area (Å²) >= 11 is 14.0. The normalized spacial score (nSPS) is 9.43. The average Bonchev–Trinajstić information content (AvgIpc) is 2.21. The van der Waals surface area contributed by atoms with Crippen LogP contribution in [0.15, 0.2) is 0 Å². The molecule has 0 atom stereocenters. The molecule has 14 heavy (non-hydrogen) atoms. The van der Waals surface area contributed by atoms with Crippen molar-refractivity contribution in [2.45, 2.75) is 0 Å². The Morgan fingerprint density at radius 2 is 1.07 bits per heavy atom. The van der Waals surface area contributed by atoms with Gasteiger partial charge in [0.15, 0.2) is 0 Å². The first-order valence-corrected chi connectivity index (χ1v) is 7.70. The van der Waals surface area contributed by atoms with Crippen LogP contribution in [0.4, 0.5) is 0 Å². The van der Waals surface area contributed by atoms with Crippen LogP contribution in [0.5, 0.6) is 0 Å². The monoisotopic (exact) mass is 280 g/mol. The second kappa shape index (κ2) is 19.7. The first-order chi connectivity index (χ1) is 6.83. The van der Waals surface area contributed by atoms with E-state index in [9.17, 15) is 0 Å². The van der Waals surface area contributed by atoms with Crippen LogP contribution in [0.1, 0.15) is 0 Å². The molecular formula is C8H18Cl2O2S2. The minimum Gasteiger partial charge on any atom is -0.396 e. The third-order valence-corrected chi connectivity index (χ3v) is 3.67. The Morgan fingerprint density at radius 1 is 0.714 bits per heavy atom. The second-order valence-corrected chi connectivity index (χ2v) is 5.26. The van der Waals surface area contributed by atoms with Gasteiger partial charge < -0.3 is 10.2 Å². The zero-order valence-electron chi connectivity index (χ0n) is 8.12. The van der Waals surface area contributed by atoms with Gasteiger partial charge in [-0.3, -0.25) is 0 Å². The molecule has 0 bridgehead atoms. The molecule has 2 nitrogen and oxygen atoms in total. The third kappa shape index (κ3) is 23.2. The highest BCUT2D eigenvalue weighted by Gasteiger charge is 1.82. The summed E-state index contributed by atoms with van der Waals surface area (Å²) in [6.45, 7) is 0.531. The van der Waals surface area contributed by atoms with Crippen molar-refractivity contribution in [3.05, 3.63) is 0 Å². The number of hydrogen-bond acceptors (Lipinski definition) is 4. The first-order valence-electron chi connectivity index (χ1n) is 4.32. The summed E-state index contributed by atoms with van der Waals surface area (Å²) in [5.74, 6) is 4.89. The molecule has 0 unspecified atom stereocenters. The van der Waals surface area contributed by atoms with Gasteiger partial charge in [-0.15, -0.1) is 23.2 Å². The van der Waals surface area contributed by atoms with E-state index in [0.717, 1.165) is 23.0 Å². The van der Waals surface area contributed by atoms with E-state index in [1.54, 1.807) is 23.5 Å². The van der Waals surface area contributed by atoms with Gasteiger partial charge in [-0.05, 0) is 0 Å². The van der Waals surface area contributed by atoms with Gasteiger partial charge in [-0.25, -0.2) is 0 Å². The molecule has 0 heterocycles. The zero-order chi connectivity index (χ0) is 11.1.